The Bertz CT molecular complexity index is 1700. The molecule has 0 bridgehead atoms. The lowest BCUT2D eigenvalue weighted by molar-refractivity contribution is -0.140. The van der Waals surface area contributed by atoms with E-state index in [0.717, 1.165) is 64.0 Å². The number of benzene rings is 2. The number of nitrogens with one attached hydrogen (secondary N) is 1. The summed E-state index contributed by atoms with van der Waals surface area (Å²) in [5.74, 6) is 2.44. The fourth-order valence-electron chi connectivity index (χ4n) is 5.24. The summed E-state index contributed by atoms with van der Waals surface area (Å²) in [6, 6.07) is 14.1. The number of ether oxygens (including phenoxy) is 4. The number of fused-ring (bicyclic) bond motifs is 1. The van der Waals surface area contributed by atoms with Crippen LogP contribution in [0.3, 0.4) is 0 Å². The van der Waals surface area contributed by atoms with Gasteiger partial charge in [0.15, 0.2) is 11.5 Å². The van der Waals surface area contributed by atoms with Gasteiger partial charge in [0, 0.05) is 36.3 Å². The van der Waals surface area contributed by atoms with Gasteiger partial charge in [-0.3, -0.25) is 4.79 Å². The first-order valence-electron chi connectivity index (χ1n) is 16.3. The molecule has 2 heterocycles. The second kappa shape index (κ2) is 16.6. The molecule has 258 valence electrons. The topological polar surface area (TPSA) is 112 Å². The summed E-state index contributed by atoms with van der Waals surface area (Å²) in [4.78, 5) is 36.1. The van der Waals surface area contributed by atoms with E-state index < -0.39 is 5.60 Å². The maximum Gasteiger partial charge on any atom is 0.410 e. The average Bonchev–Trinajstić information content (AvgIpc) is 3.53. The van der Waals surface area contributed by atoms with Crippen molar-refractivity contribution < 1.29 is 28.5 Å². The number of unbranched alkanes of at least 4 members (excludes halogenated alkanes) is 3. The molecule has 0 radical (unpaired) electrons. The summed E-state index contributed by atoms with van der Waals surface area (Å²) in [5, 5.41) is 6.59. The number of aryl methyl sites for hydroxylation is 1. The van der Waals surface area contributed by atoms with Crippen LogP contribution in [0, 0.1) is 6.92 Å². The largest absolute Gasteiger partial charge is 0.493 e. The molecule has 2 aromatic heterocycles. The van der Waals surface area contributed by atoms with E-state index in [9.17, 15) is 9.59 Å². The van der Waals surface area contributed by atoms with Gasteiger partial charge in [0.05, 0.1) is 32.4 Å². The number of carbonyl (C=O) groups is 2. The monoisotopic (exact) mass is 676 g/mol. The van der Waals surface area contributed by atoms with Crippen LogP contribution in [-0.4, -0.2) is 60.4 Å². The van der Waals surface area contributed by atoms with E-state index in [1.807, 2.05) is 58.0 Å². The van der Waals surface area contributed by atoms with E-state index in [0.29, 0.717) is 36.9 Å². The predicted molar refractivity (Wildman–Crippen MR) is 191 cm³/mol. The van der Waals surface area contributed by atoms with Gasteiger partial charge in [0.2, 0.25) is 0 Å². The predicted octanol–water partition coefficient (Wildman–Crippen LogP) is 8.72. The van der Waals surface area contributed by atoms with E-state index in [-0.39, 0.29) is 18.1 Å². The van der Waals surface area contributed by atoms with E-state index in [4.69, 9.17) is 23.9 Å². The zero-order valence-electron chi connectivity index (χ0n) is 29.3. The van der Waals surface area contributed by atoms with Crippen molar-refractivity contribution in [3.63, 3.8) is 0 Å². The highest BCUT2D eigenvalue weighted by atomic mass is 32.1. The lowest BCUT2D eigenvalue weighted by Crippen LogP contribution is -2.33. The summed E-state index contributed by atoms with van der Waals surface area (Å²) < 4.78 is 22.1. The fraction of sp³-hybridized carbons (Fsp3) is 0.459. The third-order valence-electron chi connectivity index (χ3n) is 7.69. The number of methoxy groups -OCH3 is 2. The van der Waals surface area contributed by atoms with Gasteiger partial charge in [-0.1, -0.05) is 37.1 Å². The van der Waals surface area contributed by atoms with Gasteiger partial charge in [-0.05, 0) is 81.7 Å². The van der Waals surface area contributed by atoms with Crippen LogP contribution >= 0.6 is 11.3 Å². The Morgan fingerprint density at radius 2 is 1.75 bits per heavy atom. The van der Waals surface area contributed by atoms with Crippen molar-refractivity contribution in [2.75, 3.05) is 33.2 Å². The molecule has 1 amide bonds. The molecule has 2 aromatic carbocycles. The lowest BCUT2D eigenvalue weighted by atomic mass is 10.0. The SMILES string of the molecule is COC(=O)CCCCCCOc1cc2nc(C)nc(N[C@H](C)c3cc(-c4ccccc4CN(C)C(=O)OC(C)(C)C)cs3)c2cc1OC. The second-order valence-electron chi connectivity index (χ2n) is 12.8. The minimum absolute atomic E-state index is 0.0426. The number of thiophene rings is 1. The number of rotatable bonds is 15. The summed E-state index contributed by atoms with van der Waals surface area (Å²) in [7, 11) is 4.80. The van der Waals surface area contributed by atoms with Crippen LogP contribution in [0.4, 0.5) is 10.6 Å². The van der Waals surface area contributed by atoms with Crippen molar-refractivity contribution in [3.8, 4) is 22.6 Å². The fourth-order valence-corrected chi connectivity index (χ4v) is 6.16. The molecule has 4 aromatic rings. The molecule has 0 aliphatic rings. The highest BCUT2D eigenvalue weighted by Gasteiger charge is 2.21. The van der Waals surface area contributed by atoms with Crippen LogP contribution in [0.15, 0.2) is 47.8 Å². The van der Waals surface area contributed by atoms with Gasteiger partial charge < -0.3 is 29.2 Å². The lowest BCUT2D eigenvalue weighted by Gasteiger charge is -2.25. The number of anilines is 1. The normalized spacial score (nSPS) is 12.0. The molecule has 0 aliphatic carbocycles. The molecule has 1 N–H and O–H groups in total. The maximum absolute atomic E-state index is 12.6. The number of amides is 1. The Balaban J connectivity index is 1.46. The quantitative estimate of drug-likeness (QED) is 0.0976. The number of hydrogen-bond acceptors (Lipinski definition) is 10. The van der Waals surface area contributed by atoms with Crippen LogP contribution in [0.25, 0.3) is 22.0 Å². The van der Waals surface area contributed by atoms with Gasteiger partial charge in [-0.2, -0.15) is 0 Å². The first kappa shape index (κ1) is 36.5. The van der Waals surface area contributed by atoms with Crippen molar-refractivity contribution in [2.24, 2.45) is 0 Å². The van der Waals surface area contributed by atoms with Crippen molar-refractivity contribution in [1.82, 2.24) is 14.9 Å². The number of esters is 1. The molecule has 48 heavy (non-hydrogen) atoms. The van der Waals surface area contributed by atoms with Gasteiger partial charge in [0.25, 0.3) is 0 Å². The molecule has 0 unspecified atom stereocenters. The third-order valence-corrected chi connectivity index (χ3v) is 8.81. The highest BCUT2D eigenvalue weighted by molar-refractivity contribution is 7.10. The van der Waals surface area contributed by atoms with E-state index in [1.165, 1.54) is 7.11 Å². The standard InChI is InChI=1S/C37H48N4O6S/c1-24(33-19-27(23-48-33)28-16-13-12-15-26(28)22-41(6)36(43)47-37(3,4)5)38-35-29-20-31(44-7)32(21-30(29)39-25(2)40-35)46-18-14-10-9-11-17-34(42)45-8/h12-13,15-16,19-21,23-24H,9-11,14,17-18,22H2,1-8H3,(H,38,39,40)/t24-/m1/s1. The number of hydrogen-bond donors (Lipinski definition) is 1. The van der Waals surface area contributed by atoms with Crippen LogP contribution < -0.4 is 14.8 Å². The van der Waals surface area contributed by atoms with Crippen LogP contribution in [-0.2, 0) is 20.8 Å². The Morgan fingerprint density at radius 1 is 1.00 bits per heavy atom. The van der Waals surface area contributed by atoms with Crippen molar-refractivity contribution >= 4 is 40.1 Å². The minimum atomic E-state index is -0.555. The number of nitrogens with zero attached hydrogens (tertiary/aromatic N) is 3. The van der Waals surface area contributed by atoms with Crippen molar-refractivity contribution in [1.29, 1.82) is 0 Å². The van der Waals surface area contributed by atoms with E-state index in [1.54, 1.807) is 30.4 Å². The van der Waals surface area contributed by atoms with Gasteiger partial charge in [-0.25, -0.2) is 14.8 Å². The number of aromatic nitrogens is 2. The molecule has 0 saturated carbocycles. The summed E-state index contributed by atoms with van der Waals surface area (Å²) in [5.41, 5.74) is 3.41. The summed E-state index contributed by atoms with van der Waals surface area (Å²) in [6.45, 7) is 10.6. The zero-order valence-corrected chi connectivity index (χ0v) is 30.2. The minimum Gasteiger partial charge on any atom is -0.493 e. The Hall–Kier alpha value is -4.38. The molecule has 1 atom stereocenters. The molecule has 4 rings (SSSR count). The molecular weight excluding hydrogens is 628 g/mol. The molecular formula is C37H48N4O6S. The Kier molecular flexibility index (Phi) is 12.6. The van der Waals surface area contributed by atoms with Crippen LogP contribution in [0.2, 0.25) is 0 Å². The molecule has 0 fully saturated rings. The van der Waals surface area contributed by atoms with Gasteiger partial charge in [-0.15, -0.1) is 11.3 Å². The third kappa shape index (κ3) is 10.1. The van der Waals surface area contributed by atoms with Crippen LogP contribution in [0.5, 0.6) is 11.5 Å². The van der Waals surface area contributed by atoms with Crippen molar-refractivity contribution in [2.45, 2.75) is 84.9 Å². The smallest absolute Gasteiger partial charge is 0.410 e. The zero-order chi connectivity index (χ0) is 34.8. The van der Waals surface area contributed by atoms with Crippen molar-refractivity contribution in [3.05, 3.63) is 64.1 Å². The number of carbonyl (C=O) groups excluding carboxylic acids is 2. The first-order valence-corrected chi connectivity index (χ1v) is 17.2. The molecule has 11 heteroatoms. The highest BCUT2D eigenvalue weighted by Crippen LogP contribution is 2.37. The van der Waals surface area contributed by atoms with Crippen LogP contribution in [0.1, 0.15) is 82.1 Å². The molecule has 10 nitrogen and oxygen atoms in total. The molecule has 0 saturated heterocycles. The van der Waals surface area contributed by atoms with E-state index >= 15 is 0 Å². The van der Waals surface area contributed by atoms with Gasteiger partial charge >= 0.3 is 12.1 Å². The summed E-state index contributed by atoms with van der Waals surface area (Å²) in [6.07, 6.45) is 3.66. The van der Waals surface area contributed by atoms with Gasteiger partial charge in [0.1, 0.15) is 17.2 Å². The Morgan fingerprint density at radius 3 is 2.48 bits per heavy atom. The second-order valence-corrected chi connectivity index (χ2v) is 13.8. The molecule has 0 spiro atoms. The average molecular weight is 677 g/mol. The Labute approximate surface area is 287 Å². The first-order chi connectivity index (χ1) is 22.9. The van der Waals surface area contributed by atoms with E-state index in [2.05, 4.69) is 34.7 Å². The molecule has 0 aliphatic heterocycles. The summed E-state index contributed by atoms with van der Waals surface area (Å²) >= 11 is 1.67. The maximum atomic E-state index is 12.6.